The summed E-state index contributed by atoms with van der Waals surface area (Å²) in [6.45, 7) is 6.39. The molecule has 0 aromatic heterocycles. The summed E-state index contributed by atoms with van der Waals surface area (Å²) in [7, 11) is 0. The third-order valence-corrected chi connectivity index (χ3v) is 3.76. The minimum absolute atomic E-state index is 0.451. The average Bonchev–Trinajstić information content (AvgIpc) is 2.66. The maximum Gasteiger partial charge on any atom is 0.119 e. The lowest BCUT2D eigenvalue weighted by molar-refractivity contribution is 0.253. The summed E-state index contributed by atoms with van der Waals surface area (Å²) in [5.74, 6) is 0.958. The van der Waals surface area contributed by atoms with Gasteiger partial charge < -0.3 is 10.1 Å². The van der Waals surface area contributed by atoms with E-state index in [9.17, 15) is 0 Å². The molecule has 0 heterocycles. The largest absolute Gasteiger partial charge is 0.492 e. The van der Waals surface area contributed by atoms with Crippen LogP contribution in [0.15, 0.2) is 30.3 Å². The van der Waals surface area contributed by atoms with Crippen LogP contribution in [0, 0.1) is 5.41 Å². The van der Waals surface area contributed by atoms with Crippen molar-refractivity contribution >= 4 is 0 Å². The minimum Gasteiger partial charge on any atom is -0.492 e. The van der Waals surface area contributed by atoms with E-state index in [2.05, 4.69) is 19.2 Å². The molecule has 1 unspecified atom stereocenters. The Morgan fingerprint density at radius 1 is 1.29 bits per heavy atom. The van der Waals surface area contributed by atoms with Crippen LogP contribution in [-0.4, -0.2) is 19.2 Å². The zero-order valence-corrected chi connectivity index (χ0v) is 10.9. The lowest BCUT2D eigenvalue weighted by Gasteiger charge is -2.27. The predicted molar refractivity (Wildman–Crippen MR) is 71.4 cm³/mol. The van der Waals surface area contributed by atoms with Gasteiger partial charge in [-0.15, -0.1) is 0 Å². The van der Waals surface area contributed by atoms with Crippen molar-refractivity contribution in [1.82, 2.24) is 5.32 Å². The summed E-state index contributed by atoms with van der Waals surface area (Å²) in [5.41, 5.74) is 0.451. The van der Waals surface area contributed by atoms with Gasteiger partial charge in [-0.1, -0.05) is 38.5 Å². The van der Waals surface area contributed by atoms with E-state index in [0.717, 1.165) is 18.9 Å². The van der Waals surface area contributed by atoms with E-state index in [0.29, 0.717) is 11.5 Å². The van der Waals surface area contributed by atoms with Crippen molar-refractivity contribution in [2.75, 3.05) is 13.2 Å². The van der Waals surface area contributed by atoms with Gasteiger partial charge in [0, 0.05) is 12.6 Å². The van der Waals surface area contributed by atoms with Crippen molar-refractivity contribution in [3.63, 3.8) is 0 Å². The van der Waals surface area contributed by atoms with Crippen molar-refractivity contribution in [3.05, 3.63) is 30.3 Å². The molecule has 0 aliphatic heterocycles. The molecule has 2 rings (SSSR count). The van der Waals surface area contributed by atoms with Crippen molar-refractivity contribution in [2.24, 2.45) is 5.41 Å². The second-order valence-corrected chi connectivity index (χ2v) is 5.55. The van der Waals surface area contributed by atoms with Gasteiger partial charge in [0.2, 0.25) is 0 Å². The normalized spacial score (nSPS) is 22.6. The topological polar surface area (TPSA) is 21.3 Å². The first-order valence-corrected chi connectivity index (χ1v) is 6.60. The van der Waals surface area contributed by atoms with Gasteiger partial charge in [0.05, 0.1) is 0 Å². The molecule has 0 saturated heterocycles. The first-order valence-electron chi connectivity index (χ1n) is 6.60. The monoisotopic (exact) mass is 233 g/mol. The molecule has 1 N–H and O–H groups in total. The Morgan fingerprint density at radius 2 is 2.06 bits per heavy atom. The van der Waals surface area contributed by atoms with Gasteiger partial charge in [-0.2, -0.15) is 0 Å². The third kappa shape index (κ3) is 3.47. The highest BCUT2D eigenvalue weighted by atomic mass is 16.5. The fourth-order valence-corrected chi connectivity index (χ4v) is 2.62. The lowest BCUT2D eigenvalue weighted by atomic mass is 9.87. The summed E-state index contributed by atoms with van der Waals surface area (Å²) in [5, 5.41) is 3.62. The van der Waals surface area contributed by atoms with Crippen LogP contribution in [0.1, 0.15) is 33.1 Å². The van der Waals surface area contributed by atoms with E-state index >= 15 is 0 Å². The van der Waals surface area contributed by atoms with E-state index in [-0.39, 0.29) is 0 Å². The van der Waals surface area contributed by atoms with Gasteiger partial charge >= 0.3 is 0 Å². The third-order valence-electron chi connectivity index (χ3n) is 3.76. The average molecular weight is 233 g/mol. The molecule has 1 aliphatic carbocycles. The summed E-state index contributed by atoms with van der Waals surface area (Å²) in [6, 6.07) is 10.7. The zero-order chi connectivity index (χ0) is 12.1. The number of nitrogens with one attached hydrogen (secondary N) is 1. The van der Waals surface area contributed by atoms with Crippen LogP contribution in [0.25, 0.3) is 0 Å². The Labute approximate surface area is 104 Å². The minimum atomic E-state index is 0.451. The van der Waals surface area contributed by atoms with E-state index in [4.69, 9.17) is 4.74 Å². The fraction of sp³-hybridized carbons (Fsp3) is 0.600. The number of benzene rings is 1. The summed E-state index contributed by atoms with van der Waals surface area (Å²) in [6.07, 6.45) is 3.99. The Balaban J connectivity index is 1.67. The lowest BCUT2D eigenvalue weighted by Crippen LogP contribution is -2.39. The number of ether oxygens (including phenoxy) is 1. The second kappa shape index (κ2) is 5.54. The number of hydrogen-bond donors (Lipinski definition) is 1. The van der Waals surface area contributed by atoms with Gasteiger partial charge in [0.1, 0.15) is 12.4 Å². The molecule has 0 amide bonds. The maximum absolute atomic E-state index is 5.67. The van der Waals surface area contributed by atoms with Gasteiger partial charge in [-0.25, -0.2) is 0 Å². The van der Waals surface area contributed by atoms with E-state index in [1.165, 1.54) is 19.3 Å². The molecule has 1 aromatic carbocycles. The molecule has 1 aliphatic rings. The smallest absolute Gasteiger partial charge is 0.119 e. The number of rotatable bonds is 5. The summed E-state index contributed by atoms with van der Waals surface area (Å²) in [4.78, 5) is 0. The van der Waals surface area contributed by atoms with Crippen molar-refractivity contribution in [2.45, 2.75) is 39.2 Å². The molecule has 1 saturated carbocycles. The van der Waals surface area contributed by atoms with Crippen molar-refractivity contribution in [3.8, 4) is 5.75 Å². The van der Waals surface area contributed by atoms with Crippen LogP contribution in [0.2, 0.25) is 0 Å². The van der Waals surface area contributed by atoms with Gasteiger partial charge in [-0.05, 0) is 30.4 Å². The maximum atomic E-state index is 5.67. The van der Waals surface area contributed by atoms with Crippen LogP contribution in [0.3, 0.4) is 0 Å². The Bertz CT molecular complexity index is 334. The molecule has 17 heavy (non-hydrogen) atoms. The number of hydrogen-bond acceptors (Lipinski definition) is 2. The standard InChI is InChI=1S/C15H23NO/c1-15(2)10-6-9-14(15)16-11-12-17-13-7-4-3-5-8-13/h3-5,7-8,14,16H,6,9-12H2,1-2H3. The SMILES string of the molecule is CC1(C)CCCC1NCCOc1ccccc1. The first-order chi connectivity index (χ1) is 8.18. The highest BCUT2D eigenvalue weighted by Gasteiger charge is 2.33. The van der Waals surface area contributed by atoms with E-state index < -0.39 is 0 Å². The Morgan fingerprint density at radius 3 is 2.71 bits per heavy atom. The number of para-hydroxylation sites is 1. The van der Waals surface area contributed by atoms with Gasteiger partial charge in [0.25, 0.3) is 0 Å². The molecule has 0 bridgehead atoms. The second-order valence-electron chi connectivity index (χ2n) is 5.55. The van der Waals surface area contributed by atoms with Crippen molar-refractivity contribution in [1.29, 1.82) is 0 Å². The van der Waals surface area contributed by atoms with Crippen LogP contribution in [0.5, 0.6) is 5.75 Å². The molecular formula is C15H23NO. The molecule has 0 radical (unpaired) electrons. The molecule has 2 nitrogen and oxygen atoms in total. The van der Waals surface area contributed by atoms with Gasteiger partial charge in [-0.3, -0.25) is 0 Å². The molecule has 1 aromatic rings. The quantitative estimate of drug-likeness (QED) is 0.788. The van der Waals surface area contributed by atoms with Crippen LogP contribution < -0.4 is 10.1 Å². The molecule has 1 atom stereocenters. The molecular weight excluding hydrogens is 210 g/mol. The molecule has 2 heteroatoms. The van der Waals surface area contributed by atoms with Gasteiger partial charge in [0.15, 0.2) is 0 Å². The summed E-state index contributed by atoms with van der Waals surface area (Å²) < 4.78 is 5.67. The van der Waals surface area contributed by atoms with Crippen LogP contribution in [0.4, 0.5) is 0 Å². The van der Waals surface area contributed by atoms with E-state index in [1.54, 1.807) is 0 Å². The molecule has 0 spiro atoms. The molecule has 94 valence electrons. The highest BCUT2D eigenvalue weighted by Crippen LogP contribution is 2.36. The molecule has 1 fully saturated rings. The van der Waals surface area contributed by atoms with Crippen LogP contribution >= 0.6 is 0 Å². The summed E-state index contributed by atoms with van der Waals surface area (Å²) >= 11 is 0. The predicted octanol–water partition coefficient (Wildman–Crippen LogP) is 3.23. The fourth-order valence-electron chi connectivity index (χ4n) is 2.62. The van der Waals surface area contributed by atoms with Crippen LogP contribution in [-0.2, 0) is 0 Å². The van der Waals surface area contributed by atoms with Crippen molar-refractivity contribution < 1.29 is 4.74 Å². The zero-order valence-electron chi connectivity index (χ0n) is 10.9. The van der Waals surface area contributed by atoms with E-state index in [1.807, 2.05) is 30.3 Å². The Hall–Kier alpha value is -1.02. The first kappa shape index (κ1) is 12.4. The highest BCUT2D eigenvalue weighted by molar-refractivity contribution is 5.20. The Kier molecular flexibility index (Phi) is 4.06.